The van der Waals surface area contributed by atoms with E-state index in [9.17, 15) is 18.0 Å². The summed E-state index contributed by atoms with van der Waals surface area (Å²) in [6.07, 6.45) is -3.38. The van der Waals surface area contributed by atoms with E-state index in [4.69, 9.17) is 0 Å². The normalized spacial score (nSPS) is 12.8. The van der Waals surface area contributed by atoms with Crippen molar-refractivity contribution < 1.29 is 18.0 Å². The number of benzene rings is 2. The van der Waals surface area contributed by atoms with Gasteiger partial charge < -0.3 is 5.32 Å². The number of aromatic nitrogens is 2. The topological polar surface area (TPSA) is 46.9 Å². The molecule has 0 saturated carbocycles. The summed E-state index contributed by atoms with van der Waals surface area (Å²) in [7, 11) is 0. The van der Waals surface area contributed by atoms with Gasteiger partial charge in [0.25, 0.3) is 0 Å². The van der Waals surface area contributed by atoms with Gasteiger partial charge in [0.1, 0.15) is 6.54 Å². The van der Waals surface area contributed by atoms with Crippen molar-refractivity contribution in [3.8, 4) is 0 Å². The van der Waals surface area contributed by atoms with Crippen LogP contribution in [0.4, 0.5) is 13.2 Å². The fourth-order valence-corrected chi connectivity index (χ4v) is 3.22. The maximum atomic E-state index is 12.7. The van der Waals surface area contributed by atoms with E-state index in [2.05, 4.69) is 10.4 Å². The first kappa shape index (κ1) is 19.7. The van der Waals surface area contributed by atoms with Gasteiger partial charge in [-0.15, -0.1) is 0 Å². The molecule has 0 unspecified atom stereocenters. The van der Waals surface area contributed by atoms with Gasteiger partial charge in [0.05, 0.1) is 0 Å². The van der Waals surface area contributed by atoms with E-state index in [1.54, 1.807) is 0 Å². The minimum Gasteiger partial charge on any atom is -0.351 e. The molecule has 3 aromatic rings. The van der Waals surface area contributed by atoms with Gasteiger partial charge in [-0.2, -0.15) is 18.3 Å². The van der Waals surface area contributed by atoms with E-state index < -0.39 is 17.8 Å². The fraction of sp³-hybridized carbons (Fsp3) is 0.238. The molecule has 1 heterocycles. The summed E-state index contributed by atoms with van der Waals surface area (Å²) in [5.74, 6) is -0.490. The third-order valence-electron chi connectivity index (χ3n) is 4.44. The average molecular weight is 387 g/mol. The Morgan fingerprint density at radius 3 is 2.00 bits per heavy atom. The van der Waals surface area contributed by atoms with E-state index >= 15 is 0 Å². The van der Waals surface area contributed by atoms with Crippen LogP contribution >= 0.6 is 0 Å². The van der Waals surface area contributed by atoms with Gasteiger partial charge in [-0.25, -0.2) is 0 Å². The molecule has 146 valence electrons. The molecule has 0 aliphatic heterocycles. The molecule has 0 fully saturated rings. The van der Waals surface area contributed by atoms with Gasteiger partial charge >= 0.3 is 6.18 Å². The Kier molecular flexibility index (Phi) is 5.82. The zero-order valence-corrected chi connectivity index (χ0v) is 15.2. The molecule has 3 rings (SSSR count). The van der Waals surface area contributed by atoms with E-state index in [0.29, 0.717) is 0 Å². The lowest BCUT2D eigenvalue weighted by atomic mass is 9.86. The molecule has 0 spiro atoms. The van der Waals surface area contributed by atoms with E-state index in [0.717, 1.165) is 28.1 Å². The molecule has 4 nitrogen and oxygen atoms in total. The maximum absolute atomic E-state index is 12.7. The zero-order valence-electron chi connectivity index (χ0n) is 15.2. The van der Waals surface area contributed by atoms with Crippen molar-refractivity contribution in [2.45, 2.75) is 31.6 Å². The highest BCUT2D eigenvalue weighted by atomic mass is 19.4. The summed E-state index contributed by atoms with van der Waals surface area (Å²) in [5.41, 5.74) is 1.07. The van der Waals surface area contributed by atoms with E-state index in [-0.39, 0.29) is 18.5 Å². The Morgan fingerprint density at radius 2 is 1.54 bits per heavy atom. The third-order valence-corrected chi connectivity index (χ3v) is 4.44. The summed E-state index contributed by atoms with van der Waals surface area (Å²) in [6.45, 7) is 1.60. The number of alkyl halides is 3. The van der Waals surface area contributed by atoms with Crippen LogP contribution in [0.5, 0.6) is 0 Å². The minimum absolute atomic E-state index is 0.0882. The van der Waals surface area contributed by atoms with Crippen LogP contribution in [-0.4, -0.2) is 21.7 Å². The van der Waals surface area contributed by atoms with Crippen molar-refractivity contribution >= 4 is 5.91 Å². The standard InChI is InChI=1S/C21H20F3N3O/c1-15(25-19(28)14-27-13-12-18(26-27)21(22,23)24)20(16-8-4-2-5-9-16)17-10-6-3-7-11-17/h2-13,15,20H,14H2,1H3,(H,25,28)/t15-/m1/s1. The molecular weight excluding hydrogens is 367 g/mol. The first-order valence-electron chi connectivity index (χ1n) is 8.84. The Bertz CT molecular complexity index is 868. The first-order valence-corrected chi connectivity index (χ1v) is 8.84. The molecular formula is C21H20F3N3O. The number of carbonyl (C=O) groups excluding carboxylic acids is 1. The molecule has 1 N–H and O–H groups in total. The maximum Gasteiger partial charge on any atom is 0.435 e. The van der Waals surface area contributed by atoms with Crippen LogP contribution < -0.4 is 5.32 Å². The molecule has 1 aromatic heterocycles. The Labute approximate surface area is 161 Å². The molecule has 0 aliphatic carbocycles. The van der Waals surface area contributed by atoms with E-state index in [1.807, 2.05) is 67.6 Å². The molecule has 2 aromatic carbocycles. The molecule has 1 amide bonds. The second-order valence-electron chi connectivity index (χ2n) is 6.55. The van der Waals surface area contributed by atoms with Crippen molar-refractivity contribution in [1.29, 1.82) is 0 Å². The summed E-state index contributed by atoms with van der Waals surface area (Å²) >= 11 is 0. The van der Waals surface area contributed by atoms with Gasteiger partial charge in [-0.1, -0.05) is 60.7 Å². The number of nitrogens with zero attached hydrogens (tertiary/aromatic N) is 2. The Hall–Kier alpha value is -3.09. The summed E-state index contributed by atoms with van der Waals surface area (Å²) in [5, 5.41) is 6.31. The quantitative estimate of drug-likeness (QED) is 0.688. The number of nitrogens with one attached hydrogen (secondary N) is 1. The van der Waals surface area contributed by atoms with Crippen LogP contribution in [0.1, 0.15) is 29.7 Å². The van der Waals surface area contributed by atoms with Crippen LogP contribution in [0.2, 0.25) is 0 Å². The fourth-order valence-electron chi connectivity index (χ4n) is 3.22. The third kappa shape index (κ3) is 4.79. The van der Waals surface area contributed by atoms with E-state index in [1.165, 1.54) is 0 Å². The van der Waals surface area contributed by atoms with Crippen molar-refractivity contribution in [2.24, 2.45) is 0 Å². The number of amides is 1. The SMILES string of the molecule is C[C@@H](NC(=O)Cn1ccc(C(F)(F)F)n1)C(c1ccccc1)c1ccccc1. The van der Waals surface area contributed by atoms with Gasteiger partial charge in [0.2, 0.25) is 5.91 Å². The van der Waals surface area contributed by atoms with Crippen LogP contribution in [-0.2, 0) is 17.5 Å². The molecule has 28 heavy (non-hydrogen) atoms. The van der Waals surface area contributed by atoms with Gasteiger partial charge in [-0.3, -0.25) is 9.48 Å². The number of halogens is 3. The highest BCUT2D eigenvalue weighted by Gasteiger charge is 2.33. The van der Waals surface area contributed by atoms with Crippen LogP contribution in [0, 0.1) is 0 Å². The van der Waals surface area contributed by atoms with Crippen LogP contribution in [0.15, 0.2) is 72.9 Å². The zero-order chi connectivity index (χ0) is 20.1. The summed E-state index contributed by atoms with van der Waals surface area (Å²) in [4.78, 5) is 12.4. The Balaban J connectivity index is 1.74. The lowest BCUT2D eigenvalue weighted by molar-refractivity contribution is -0.141. The van der Waals surface area contributed by atoms with Gasteiger partial charge in [0, 0.05) is 18.2 Å². The second kappa shape index (κ2) is 8.29. The molecule has 7 heteroatoms. The molecule has 0 aliphatic rings. The molecule has 0 saturated heterocycles. The number of hydrogen-bond donors (Lipinski definition) is 1. The highest BCUT2D eigenvalue weighted by molar-refractivity contribution is 5.76. The highest BCUT2D eigenvalue weighted by Crippen LogP contribution is 2.28. The molecule has 0 radical (unpaired) electrons. The van der Waals surface area contributed by atoms with Crippen molar-refractivity contribution in [1.82, 2.24) is 15.1 Å². The molecule has 0 bridgehead atoms. The molecule has 1 atom stereocenters. The summed E-state index contributed by atoms with van der Waals surface area (Å²) < 4.78 is 39.0. The average Bonchev–Trinajstić information content (AvgIpc) is 3.12. The lowest BCUT2D eigenvalue weighted by Crippen LogP contribution is -2.39. The largest absolute Gasteiger partial charge is 0.435 e. The number of carbonyl (C=O) groups is 1. The minimum atomic E-state index is -4.53. The van der Waals surface area contributed by atoms with Gasteiger partial charge in [0.15, 0.2) is 5.69 Å². The first-order chi connectivity index (χ1) is 13.3. The number of hydrogen-bond acceptors (Lipinski definition) is 2. The van der Waals surface area contributed by atoms with Gasteiger partial charge in [-0.05, 0) is 24.1 Å². The van der Waals surface area contributed by atoms with Crippen molar-refractivity contribution in [3.63, 3.8) is 0 Å². The predicted octanol–water partition coefficient (Wildman–Crippen LogP) is 4.24. The Morgan fingerprint density at radius 1 is 1.00 bits per heavy atom. The van der Waals surface area contributed by atoms with Crippen molar-refractivity contribution in [3.05, 3.63) is 89.7 Å². The smallest absolute Gasteiger partial charge is 0.351 e. The summed E-state index contributed by atoms with van der Waals surface area (Å²) in [6, 6.07) is 20.1. The monoisotopic (exact) mass is 387 g/mol. The van der Waals surface area contributed by atoms with Crippen LogP contribution in [0.3, 0.4) is 0 Å². The number of rotatable bonds is 6. The lowest BCUT2D eigenvalue weighted by Gasteiger charge is -2.26. The van der Waals surface area contributed by atoms with Crippen molar-refractivity contribution in [2.75, 3.05) is 0 Å². The predicted molar refractivity (Wildman–Crippen MR) is 99.6 cm³/mol. The second-order valence-corrected chi connectivity index (χ2v) is 6.55. The van der Waals surface area contributed by atoms with Crippen LogP contribution in [0.25, 0.3) is 0 Å².